The molecule has 0 unspecified atom stereocenters. The molecule has 0 radical (unpaired) electrons. The zero-order chi connectivity index (χ0) is 24.7. The maximum atomic E-state index is 13.0. The number of aryl methyl sites for hydroxylation is 2. The second-order valence-corrected chi connectivity index (χ2v) is 12.4. The molecule has 0 N–H and O–H groups in total. The van der Waals surface area contributed by atoms with Gasteiger partial charge in [0.2, 0.25) is 5.91 Å². The number of ketones is 1. The Hall–Kier alpha value is -1.94. The lowest BCUT2D eigenvalue weighted by atomic mass is 9.82. The van der Waals surface area contributed by atoms with Crippen LogP contribution in [-0.4, -0.2) is 29.7 Å². The third kappa shape index (κ3) is 7.80. The van der Waals surface area contributed by atoms with E-state index in [1.54, 1.807) is 11.3 Å². The van der Waals surface area contributed by atoms with Crippen molar-refractivity contribution in [1.29, 1.82) is 0 Å². The number of carbonyl (C=O) groups excluding carboxylic acids is 2. The third-order valence-corrected chi connectivity index (χ3v) is 8.44. The first kappa shape index (κ1) is 26.7. The second-order valence-electron chi connectivity index (χ2n) is 11.3. The molecule has 1 aliphatic carbocycles. The van der Waals surface area contributed by atoms with Crippen LogP contribution in [0, 0.1) is 5.41 Å². The van der Waals surface area contributed by atoms with Crippen LogP contribution >= 0.6 is 11.3 Å². The van der Waals surface area contributed by atoms with E-state index in [-0.39, 0.29) is 17.1 Å². The number of thiophene rings is 1. The highest BCUT2D eigenvalue weighted by Crippen LogP contribution is 2.31. The van der Waals surface area contributed by atoms with Gasteiger partial charge in [-0.25, -0.2) is 0 Å². The zero-order valence-electron chi connectivity index (χ0n) is 21.9. The van der Waals surface area contributed by atoms with Crippen molar-refractivity contribution in [2.45, 2.75) is 104 Å². The van der Waals surface area contributed by atoms with E-state index >= 15 is 0 Å². The molecule has 2 aromatic rings. The molecule has 1 aliphatic rings. The normalized spacial score (nSPS) is 15.0. The van der Waals surface area contributed by atoms with E-state index in [1.807, 2.05) is 18.0 Å². The minimum absolute atomic E-state index is 0.165. The van der Waals surface area contributed by atoms with Gasteiger partial charge in [-0.3, -0.25) is 9.59 Å². The fourth-order valence-corrected chi connectivity index (χ4v) is 5.98. The third-order valence-electron chi connectivity index (χ3n) is 7.26. The summed E-state index contributed by atoms with van der Waals surface area (Å²) in [5.41, 5.74) is 2.43. The molecule has 186 valence electrons. The molecule has 1 aromatic heterocycles. The Labute approximate surface area is 211 Å². The Balaban J connectivity index is 1.46. The van der Waals surface area contributed by atoms with E-state index in [0.29, 0.717) is 24.8 Å². The van der Waals surface area contributed by atoms with Crippen molar-refractivity contribution >= 4 is 23.0 Å². The molecule has 1 heterocycles. The molecule has 3 rings (SSSR count). The fourth-order valence-electron chi connectivity index (χ4n) is 4.99. The van der Waals surface area contributed by atoms with Crippen LogP contribution in [0.4, 0.5) is 0 Å². The Morgan fingerprint density at radius 3 is 2.29 bits per heavy atom. The average molecular weight is 482 g/mol. The van der Waals surface area contributed by atoms with Crippen LogP contribution in [0.25, 0.3) is 0 Å². The number of rotatable bonds is 11. The summed E-state index contributed by atoms with van der Waals surface area (Å²) in [5, 5.41) is 0. The molecule has 0 saturated heterocycles. The highest BCUT2D eigenvalue weighted by molar-refractivity contribution is 7.14. The molecule has 34 heavy (non-hydrogen) atoms. The summed E-state index contributed by atoms with van der Waals surface area (Å²) in [6.07, 6.45) is 9.94. The molecule has 0 spiro atoms. The van der Waals surface area contributed by atoms with Crippen molar-refractivity contribution in [2.75, 3.05) is 7.05 Å². The van der Waals surface area contributed by atoms with E-state index in [0.717, 1.165) is 37.0 Å². The van der Waals surface area contributed by atoms with Crippen molar-refractivity contribution in [3.8, 4) is 0 Å². The number of amides is 1. The molecule has 3 nitrogen and oxygen atoms in total. The van der Waals surface area contributed by atoms with Gasteiger partial charge in [-0.15, -0.1) is 11.3 Å². The lowest BCUT2D eigenvalue weighted by Crippen LogP contribution is -2.40. The maximum Gasteiger partial charge on any atom is 0.223 e. The Morgan fingerprint density at radius 2 is 1.65 bits per heavy atom. The van der Waals surface area contributed by atoms with Gasteiger partial charge >= 0.3 is 0 Å². The summed E-state index contributed by atoms with van der Waals surface area (Å²) in [7, 11) is 1.94. The second kappa shape index (κ2) is 12.2. The van der Waals surface area contributed by atoms with Crippen molar-refractivity contribution in [3.05, 3.63) is 57.3 Å². The van der Waals surface area contributed by atoms with E-state index in [9.17, 15) is 9.59 Å². The summed E-state index contributed by atoms with van der Waals surface area (Å²) >= 11 is 1.63. The van der Waals surface area contributed by atoms with Crippen LogP contribution < -0.4 is 0 Å². The van der Waals surface area contributed by atoms with Crippen LogP contribution in [0.15, 0.2) is 36.4 Å². The quantitative estimate of drug-likeness (QED) is 0.307. The monoisotopic (exact) mass is 481 g/mol. The minimum Gasteiger partial charge on any atom is -0.343 e. The number of benzene rings is 1. The van der Waals surface area contributed by atoms with Gasteiger partial charge in [0.05, 0.1) is 4.88 Å². The standard InChI is InChI=1S/C30H43NO2S/c1-22(2)24-16-14-23(15-17-24)10-9-13-26-18-19-28(34-26)27(32)20-30(3,4)21-29(33)31(5)25-11-7-6-8-12-25/h14-19,22,25H,6-13,20-21H2,1-5H3. The molecule has 1 fully saturated rings. The van der Waals surface area contributed by atoms with E-state index in [2.05, 4.69) is 58.0 Å². The predicted octanol–water partition coefficient (Wildman–Crippen LogP) is 7.83. The molecule has 1 aromatic carbocycles. The van der Waals surface area contributed by atoms with Gasteiger partial charge in [0.25, 0.3) is 0 Å². The summed E-state index contributed by atoms with van der Waals surface area (Å²) in [6, 6.07) is 13.4. The summed E-state index contributed by atoms with van der Waals surface area (Å²) in [5.74, 6) is 0.911. The number of Topliss-reactive ketones (excluding diaryl/α,β-unsaturated/α-hetero) is 1. The SMILES string of the molecule is CC(C)c1ccc(CCCc2ccc(C(=O)CC(C)(C)CC(=O)N(C)C3CCCCC3)s2)cc1. The van der Waals surface area contributed by atoms with Gasteiger partial charge in [-0.05, 0) is 66.7 Å². The Bertz CT molecular complexity index is 935. The van der Waals surface area contributed by atoms with Gasteiger partial charge in [-0.1, -0.05) is 71.2 Å². The van der Waals surface area contributed by atoms with Crippen molar-refractivity contribution in [3.63, 3.8) is 0 Å². The van der Waals surface area contributed by atoms with Crippen molar-refractivity contribution in [1.82, 2.24) is 4.90 Å². The molecule has 0 aliphatic heterocycles. The topological polar surface area (TPSA) is 37.4 Å². The van der Waals surface area contributed by atoms with Crippen LogP contribution in [0.1, 0.15) is 111 Å². The largest absolute Gasteiger partial charge is 0.343 e. The first-order valence-corrected chi connectivity index (χ1v) is 13.9. The molecular weight excluding hydrogens is 438 g/mol. The number of hydrogen-bond donors (Lipinski definition) is 0. The summed E-state index contributed by atoms with van der Waals surface area (Å²) in [4.78, 5) is 29.9. The van der Waals surface area contributed by atoms with Gasteiger partial charge in [0, 0.05) is 30.8 Å². The average Bonchev–Trinajstić information content (AvgIpc) is 3.28. The fraction of sp³-hybridized carbons (Fsp3) is 0.600. The maximum absolute atomic E-state index is 13.0. The first-order chi connectivity index (χ1) is 16.1. The smallest absolute Gasteiger partial charge is 0.223 e. The van der Waals surface area contributed by atoms with Gasteiger partial charge < -0.3 is 4.90 Å². The lowest BCUT2D eigenvalue weighted by Gasteiger charge is -2.33. The van der Waals surface area contributed by atoms with Crippen LogP contribution in [0.5, 0.6) is 0 Å². The Kier molecular flexibility index (Phi) is 9.53. The highest BCUT2D eigenvalue weighted by Gasteiger charge is 2.30. The first-order valence-electron chi connectivity index (χ1n) is 13.1. The molecule has 1 amide bonds. The zero-order valence-corrected chi connectivity index (χ0v) is 22.7. The summed E-state index contributed by atoms with van der Waals surface area (Å²) in [6.45, 7) is 8.55. The van der Waals surface area contributed by atoms with Crippen molar-refractivity contribution in [2.24, 2.45) is 5.41 Å². The predicted molar refractivity (Wildman–Crippen MR) is 144 cm³/mol. The number of carbonyl (C=O) groups is 2. The Morgan fingerprint density at radius 1 is 0.971 bits per heavy atom. The van der Waals surface area contributed by atoms with Gasteiger partial charge in [0.15, 0.2) is 5.78 Å². The molecule has 4 heteroatoms. The summed E-state index contributed by atoms with van der Waals surface area (Å²) < 4.78 is 0. The number of nitrogens with zero attached hydrogens (tertiary/aromatic N) is 1. The molecule has 1 saturated carbocycles. The van der Waals surface area contributed by atoms with Crippen molar-refractivity contribution < 1.29 is 9.59 Å². The molecule has 0 atom stereocenters. The van der Waals surface area contributed by atoms with E-state index < -0.39 is 0 Å². The molecule has 0 bridgehead atoms. The van der Waals surface area contributed by atoms with E-state index in [4.69, 9.17) is 0 Å². The van der Waals surface area contributed by atoms with Crippen LogP contribution in [0.2, 0.25) is 0 Å². The van der Waals surface area contributed by atoms with Crippen LogP contribution in [0.3, 0.4) is 0 Å². The van der Waals surface area contributed by atoms with E-state index in [1.165, 1.54) is 35.3 Å². The van der Waals surface area contributed by atoms with Gasteiger partial charge in [-0.2, -0.15) is 0 Å². The van der Waals surface area contributed by atoms with Gasteiger partial charge in [0.1, 0.15) is 0 Å². The van der Waals surface area contributed by atoms with Crippen LogP contribution in [-0.2, 0) is 17.6 Å². The minimum atomic E-state index is -0.330. The highest BCUT2D eigenvalue weighted by atomic mass is 32.1. The number of hydrogen-bond acceptors (Lipinski definition) is 3. The molecular formula is C30H43NO2S. The lowest BCUT2D eigenvalue weighted by molar-refractivity contribution is -0.134.